The second-order valence-corrected chi connectivity index (χ2v) is 6.59. The molecule has 0 aliphatic carbocycles. The molecule has 1 rings (SSSR count). The number of carbonyl (C=O) groups is 2. The van der Waals surface area contributed by atoms with Crippen molar-refractivity contribution in [3.63, 3.8) is 0 Å². The lowest BCUT2D eigenvalue weighted by molar-refractivity contribution is -0.121. The van der Waals surface area contributed by atoms with E-state index in [1.807, 2.05) is 0 Å². The number of halogens is 1. The molecule has 0 bridgehead atoms. The van der Waals surface area contributed by atoms with E-state index in [2.05, 4.69) is 5.32 Å². The minimum atomic E-state index is -4.06. The van der Waals surface area contributed by atoms with Crippen LogP contribution in [0.1, 0.15) is 17.3 Å². The second kappa shape index (κ2) is 6.88. The van der Waals surface area contributed by atoms with Crippen LogP contribution in [0.2, 0.25) is 5.02 Å². The Morgan fingerprint density at radius 3 is 2.52 bits per heavy atom. The van der Waals surface area contributed by atoms with Crippen molar-refractivity contribution in [2.24, 2.45) is 0 Å². The largest absolute Gasteiger partial charge is 0.478 e. The van der Waals surface area contributed by atoms with Crippen LogP contribution in [0.3, 0.4) is 0 Å². The predicted molar refractivity (Wildman–Crippen MR) is 76.9 cm³/mol. The van der Waals surface area contributed by atoms with Crippen LogP contribution in [0.5, 0.6) is 0 Å². The Hall–Kier alpha value is -1.64. The molecule has 9 heteroatoms. The highest BCUT2D eigenvalue weighted by Gasteiger charge is 2.26. The van der Waals surface area contributed by atoms with Crippen molar-refractivity contribution in [2.75, 3.05) is 20.1 Å². The maximum Gasteiger partial charge on any atom is 0.335 e. The first-order valence-electron chi connectivity index (χ1n) is 5.96. The molecule has 116 valence electrons. The summed E-state index contributed by atoms with van der Waals surface area (Å²) in [4.78, 5) is 22.0. The maximum absolute atomic E-state index is 12.3. The van der Waals surface area contributed by atoms with E-state index in [-0.39, 0.29) is 22.0 Å². The molecule has 7 nitrogen and oxygen atoms in total. The van der Waals surface area contributed by atoms with Crippen LogP contribution in [0, 0.1) is 0 Å². The molecule has 0 unspecified atom stereocenters. The average molecular weight is 335 g/mol. The first kappa shape index (κ1) is 17.4. The Bertz CT molecular complexity index is 660. The van der Waals surface area contributed by atoms with Crippen molar-refractivity contribution in [3.8, 4) is 0 Å². The van der Waals surface area contributed by atoms with Crippen molar-refractivity contribution in [2.45, 2.75) is 11.8 Å². The molecule has 0 saturated heterocycles. The Kier molecular flexibility index (Phi) is 5.70. The lowest BCUT2D eigenvalue weighted by Gasteiger charge is -2.17. The number of carbonyl (C=O) groups excluding carboxylic acids is 1. The number of carboxylic acids is 1. The second-order valence-electron chi connectivity index (χ2n) is 4.16. The van der Waals surface area contributed by atoms with E-state index in [1.165, 1.54) is 19.2 Å². The molecule has 2 N–H and O–H groups in total. The van der Waals surface area contributed by atoms with Gasteiger partial charge in [-0.25, -0.2) is 13.2 Å². The summed E-state index contributed by atoms with van der Waals surface area (Å²) in [5, 5.41) is 11.3. The van der Waals surface area contributed by atoms with E-state index < -0.39 is 21.9 Å². The molecule has 0 aromatic heterocycles. The molecule has 1 aromatic rings. The van der Waals surface area contributed by atoms with Crippen molar-refractivity contribution >= 4 is 33.5 Å². The van der Waals surface area contributed by atoms with Gasteiger partial charge in [-0.3, -0.25) is 4.79 Å². The number of sulfonamides is 1. The molecule has 0 heterocycles. The van der Waals surface area contributed by atoms with Crippen LogP contribution in [0.25, 0.3) is 0 Å². The van der Waals surface area contributed by atoms with Crippen molar-refractivity contribution in [3.05, 3.63) is 28.8 Å². The van der Waals surface area contributed by atoms with E-state index in [0.717, 1.165) is 10.4 Å². The molecule has 0 atom stereocenters. The molecule has 0 saturated carbocycles. The summed E-state index contributed by atoms with van der Waals surface area (Å²) in [5.41, 5.74) is -0.204. The zero-order chi connectivity index (χ0) is 16.2. The third kappa shape index (κ3) is 4.16. The number of nitrogens with one attached hydrogen (secondary N) is 1. The number of rotatable bonds is 6. The highest BCUT2D eigenvalue weighted by Crippen LogP contribution is 2.25. The fourth-order valence-corrected chi connectivity index (χ4v) is 3.17. The average Bonchev–Trinajstić information content (AvgIpc) is 2.38. The monoisotopic (exact) mass is 334 g/mol. The Morgan fingerprint density at radius 2 is 2.00 bits per heavy atom. The van der Waals surface area contributed by atoms with E-state index in [4.69, 9.17) is 16.7 Å². The Labute approximate surface area is 127 Å². The summed E-state index contributed by atoms with van der Waals surface area (Å²) in [5.74, 6) is -1.73. The van der Waals surface area contributed by atoms with E-state index in [0.29, 0.717) is 6.54 Å². The van der Waals surface area contributed by atoms with Crippen LogP contribution in [0.15, 0.2) is 23.1 Å². The summed E-state index contributed by atoms with van der Waals surface area (Å²) < 4.78 is 25.5. The van der Waals surface area contributed by atoms with Gasteiger partial charge in [0.1, 0.15) is 4.90 Å². The summed E-state index contributed by atoms with van der Waals surface area (Å²) in [6, 6.07) is 3.36. The number of nitrogens with zero attached hydrogens (tertiary/aromatic N) is 1. The Morgan fingerprint density at radius 1 is 1.38 bits per heavy atom. The number of aromatic carboxylic acids is 1. The molecule has 0 spiro atoms. The van der Waals surface area contributed by atoms with Crippen molar-refractivity contribution in [1.82, 2.24) is 9.62 Å². The fraction of sp³-hybridized carbons (Fsp3) is 0.333. The first-order valence-corrected chi connectivity index (χ1v) is 7.77. The zero-order valence-electron chi connectivity index (χ0n) is 11.5. The summed E-state index contributed by atoms with van der Waals surface area (Å²) in [6.45, 7) is 1.70. The maximum atomic E-state index is 12.3. The third-order valence-electron chi connectivity index (χ3n) is 2.61. The highest BCUT2D eigenvalue weighted by atomic mass is 35.5. The minimum absolute atomic E-state index is 0.109. The van der Waals surface area contributed by atoms with Gasteiger partial charge >= 0.3 is 5.97 Å². The highest BCUT2D eigenvalue weighted by molar-refractivity contribution is 7.89. The van der Waals surface area contributed by atoms with Crippen LogP contribution in [-0.4, -0.2) is 49.8 Å². The van der Waals surface area contributed by atoms with Gasteiger partial charge in [-0.2, -0.15) is 4.31 Å². The van der Waals surface area contributed by atoms with Gasteiger partial charge in [0.2, 0.25) is 15.9 Å². The van der Waals surface area contributed by atoms with Crippen LogP contribution >= 0.6 is 11.6 Å². The molecule has 0 fully saturated rings. The molecule has 1 amide bonds. The van der Waals surface area contributed by atoms with E-state index in [9.17, 15) is 18.0 Å². The van der Waals surface area contributed by atoms with Gasteiger partial charge in [0.25, 0.3) is 0 Å². The molecular formula is C12H15ClN2O5S. The van der Waals surface area contributed by atoms with Gasteiger partial charge in [0.05, 0.1) is 17.1 Å². The summed E-state index contributed by atoms with van der Waals surface area (Å²) >= 11 is 5.83. The molecule has 0 radical (unpaired) electrons. The minimum Gasteiger partial charge on any atom is -0.478 e. The molecule has 21 heavy (non-hydrogen) atoms. The van der Waals surface area contributed by atoms with Gasteiger partial charge in [-0.15, -0.1) is 0 Å². The third-order valence-corrected chi connectivity index (χ3v) is 4.89. The van der Waals surface area contributed by atoms with E-state index >= 15 is 0 Å². The molecule has 0 aliphatic rings. The number of likely N-dealkylation sites (N-methyl/N-ethyl adjacent to an activating group) is 2. The number of amides is 1. The van der Waals surface area contributed by atoms with Gasteiger partial charge in [-0.1, -0.05) is 11.6 Å². The summed E-state index contributed by atoms with van der Waals surface area (Å²) in [6.07, 6.45) is 0. The van der Waals surface area contributed by atoms with Crippen LogP contribution in [-0.2, 0) is 14.8 Å². The standard InChI is InChI=1S/C12H15ClN2O5S/c1-3-14-11(16)7-15(2)21(19,20)10-6-8(12(17)18)4-5-9(10)13/h4-6H,3,7H2,1-2H3,(H,14,16)(H,17,18). The van der Waals surface area contributed by atoms with Gasteiger partial charge < -0.3 is 10.4 Å². The van der Waals surface area contributed by atoms with Crippen molar-refractivity contribution < 1.29 is 23.1 Å². The fourth-order valence-electron chi connectivity index (χ4n) is 1.54. The van der Waals surface area contributed by atoms with Gasteiger partial charge in [-0.05, 0) is 25.1 Å². The number of hydrogen-bond acceptors (Lipinski definition) is 4. The number of benzene rings is 1. The smallest absolute Gasteiger partial charge is 0.335 e. The SMILES string of the molecule is CCNC(=O)CN(C)S(=O)(=O)c1cc(C(=O)O)ccc1Cl. The quantitative estimate of drug-likeness (QED) is 0.800. The predicted octanol–water partition coefficient (Wildman–Crippen LogP) is 0.795. The molecule has 0 aliphatic heterocycles. The Balaban J connectivity index is 3.15. The zero-order valence-corrected chi connectivity index (χ0v) is 13.0. The first-order chi connectivity index (χ1) is 9.70. The van der Waals surface area contributed by atoms with E-state index in [1.54, 1.807) is 6.92 Å². The van der Waals surface area contributed by atoms with Crippen LogP contribution in [0.4, 0.5) is 0 Å². The van der Waals surface area contributed by atoms with Crippen molar-refractivity contribution in [1.29, 1.82) is 0 Å². The summed E-state index contributed by atoms with van der Waals surface area (Å²) in [7, 11) is -2.85. The van der Waals surface area contributed by atoms with Gasteiger partial charge in [0, 0.05) is 13.6 Å². The topological polar surface area (TPSA) is 104 Å². The lowest BCUT2D eigenvalue weighted by Crippen LogP contribution is -2.38. The molecular weight excluding hydrogens is 320 g/mol. The van der Waals surface area contributed by atoms with Crippen LogP contribution < -0.4 is 5.32 Å². The normalized spacial score (nSPS) is 11.4. The number of carboxylic acid groups (broad SMARTS) is 1. The molecule has 1 aromatic carbocycles. The number of hydrogen-bond donors (Lipinski definition) is 2. The lowest BCUT2D eigenvalue weighted by atomic mass is 10.2. The van der Waals surface area contributed by atoms with Gasteiger partial charge in [0.15, 0.2) is 0 Å².